The van der Waals surface area contributed by atoms with E-state index in [-0.39, 0.29) is 6.61 Å². The lowest BCUT2D eigenvalue weighted by Gasteiger charge is -2.09. The highest BCUT2D eigenvalue weighted by molar-refractivity contribution is 9.10. The van der Waals surface area contributed by atoms with Crippen LogP contribution in [0.3, 0.4) is 0 Å². The number of benzene rings is 2. The molecule has 0 amide bonds. The van der Waals surface area contributed by atoms with Crippen LogP contribution >= 0.6 is 15.9 Å². The number of hydrogen-bond acceptors (Lipinski definition) is 3. The summed E-state index contributed by atoms with van der Waals surface area (Å²) in [5.41, 5.74) is 7.44. The summed E-state index contributed by atoms with van der Waals surface area (Å²) in [7, 11) is 0. The minimum atomic E-state index is 0.00370. The molecule has 2 rings (SSSR count). The zero-order valence-electron chi connectivity index (χ0n) is 9.77. The lowest BCUT2D eigenvalue weighted by atomic mass is 10.2. The van der Waals surface area contributed by atoms with Gasteiger partial charge in [-0.2, -0.15) is 0 Å². The monoisotopic (exact) mass is 307 g/mol. The van der Waals surface area contributed by atoms with Crippen molar-refractivity contribution in [3.8, 4) is 11.5 Å². The Balaban J connectivity index is 2.24. The molecule has 0 aliphatic carbocycles. The number of ether oxygens (including phenoxy) is 1. The lowest BCUT2D eigenvalue weighted by Crippen LogP contribution is -1.96. The van der Waals surface area contributed by atoms with E-state index in [1.807, 2.05) is 42.5 Å². The summed E-state index contributed by atoms with van der Waals surface area (Å²) in [6.07, 6.45) is 0. The van der Waals surface area contributed by atoms with Gasteiger partial charge >= 0.3 is 0 Å². The Labute approximate surface area is 114 Å². The molecule has 0 saturated heterocycles. The Morgan fingerprint density at radius 3 is 2.56 bits per heavy atom. The van der Waals surface area contributed by atoms with E-state index in [9.17, 15) is 0 Å². The predicted octanol–water partition coefficient (Wildman–Crippen LogP) is 3.19. The van der Waals surface area contributed by atoms with E-state index >= 15 is 0 Å². The second-order valence-electron chi connectivity index (χ2n) is 3.91. The molecule has 0 fully saturated rings. The van der Waals surface area contributed by atoms with Gasteiger partial charge in [0.15, 0.2) is 0 Å². The maximum atomic E-state index is 9.07. The Morgan fingerprint density at radius 2 is 1.83 bits per heavy atom. The van der Waals surface area contributed by atoms with Gasteiger partial charge in [-0.15, -0.1) is 0 Å². The number of aliphatic hydroxyl groups is 1. The van der Waals surface area contributed by atoms with Gasteiger partial charge in [-0.05, 0) is 41.5 Å². The third-order valence-electron chi connectivity index (χ3n) is 2.48. The van der Waals surface area contributed by atoms with Crippen molar-refractivity contribution >= 4 is 15.9 Å². The third kappa shape index (κ3) is 3.32. The molecule has 0 spiro atoms. The van der Waals surface area contributed by atoms with Gasteiger partial charge < -0.3 is 15.6 Å². The van der Waals surface area contributed by atoms with Gasteiger partial charge in [-0.1, -0.05) is 28.1 Å². The van der Waals surface area contributed by atoms with Crippen LogP contribution in [0.25, 0.3) is 0 Å². The number of nitrogens with two attached hydrogens (primary N) is 1. The van der Waals surface area contributed by atoms with Gasteiger partial charge in [0, 0.05) is 11.0 Å². The van der Waals surface area contributed by atoms with E-state index in [0.29, 0.717) is 12.3 Å². The van der Waals surface area contributed by atoms with Gasteiger partial charge in [-0.3, -0.25) is 0 Å². The van der Waals surface area contributed by atoms with Crippen molar-refractivity contribution in [3.63, 3.8) is 0 Å². The van der Waals surface area contributed by atoms with E-state index in [0.717, 1.165) is 21.3 Å². The Kier molecular flexibility index (Phi) is 4.36. The fourth-order valence-corrected chi connectivity index (χ4v) is 2.16. The Bertz CT molecular complexity index is 543. The maximum Gasteiger partial charge on any atom is 0.128 e. The van der Waals surface area contributed by atoms with Crippen molar-refractivity contribution in [2.75, 3.05) is 0 Å². The third-order valence-corrected chi connectivity index (χ3v) is 2.94. The zero-order chi connectivity index (χ0) is 13.0. The molecule has 0 unspecified atom stereocenters. The first-order chi connectivity index (χ1) is 8.71. The van der Waals surface area contributed by atoms with Crippen molar-refractivity contribution in [1.82, 2.24) is 0 Å². The van der Waals surface area contributed by atoms with Gasteiger partial charge in [0.1, 0.15) is 11.5 Å². The van der Waals surface area contributed by atoms with Crippen molar-refractivity contribution in [3.05, 3.63) is 58.1 Å². The molecule has 2 aromatic rings. The molecule has 0 heterocycles. The first-order valence-corrected chi connectivity index (χ1v) is 6.38. The summed E-state index contributed by atoms with van der Waals surface area (Å²) in [6.45, 7) is 0.468. The molecule has 3 nitrogen and oxygen atoms in total. The van der Waals surface area contributed by atoms with E-state index < -0.39 is 0 Å². The molecule has 0 radical (unpaired) electrons. The first-order valence-electron chi connectivity index (χ1n) is 5.58. The van der Waals surface area contributed by atoms with Crippen LogP contribution < -0.4 is 10.5 Å². The van der Waals surface area contributed by atoms with Gasteiger partial charge in [0.2, 0.25) is 0 Å². The second kappa shape index (κ2) is 6.00. The molecule has 0 bridgehead atoms. The summed E-state index contributed by atoms with van der Waals surface area (Å²) in [5.74, 6) is 1.42. The number of aliphatic hydroxyl groups excluding tert-OH is 1. The van der Waals surface area contributed by atoms with E-state index in [1.165, 1.54) is 0 Å². The number of hydrogen-bond donors (Lipinski definition) is 2. The largest absolute Gasteiger partial charge is 0.457 e. The molecule has 18 heavy (non-hydrogen) atoms. The minimum Gasteiger partial charge on any atom is -0.457 e. The quantitative estimate of drug-likeness (QED) is 0.912. The molecular weight excluding hydrogens is 294 g/mol. The molecule has 0 aromatic heterocycles. The molecule has 0 aliphatic heterocycles. The zero-order valence-corrected chi connectivity index (χ0v) is 11.4. The topological polar surface area (TPSA) is 55.5 Å². The van der Waals surface area contributed by atoms with Crippen LogP contribution in [0.2, 0.25) is 0 Å². The van der Waals surface area contributed by atoms with Gasteiger partial charge in [-0.25, -0.2) is 0 Å². The van der Waals surface area contributed by atoms with E-state index in [2.05, 4.69) is 15.9 Å². The number of halogens is 1. The van der Waals surface area contributed by atoms with E-state index in [1.54, 1.807) is 0 Å². The summed E-state index contributed by atoms with van der Waals surface area (Å²) < 4.78 is 6.68. The summed E-state index contributed by atoms with van der Waals surface area (Å²) >= 11 is 3.42. The molecule has 0 aliphatic rings. The van der Waals surface area contributed by atoms with Crippen LogP contribution in [-0.4, -0.2) is 5.11 Å². The molecule has 4 heteroatoms. The fourth-order valence-electron chi connectivity index (χ4n) is 1.64. The minimum absolute atomic E-state index is 0.00370. The summed E-state index contributed by atoms with van der Waals surface area (Å²) in [5, 5.41) is 9.07. The van der Waals surface area contributed by atoms with E-state index in [4.69, 9.17) is 15.6 Å². The molecule has 0 atom stereocenters. The number of rotatable bonds is 4. The molecule has 0 saturated carbocycles. The average Bonchev–Trinajstić information content (AvgIpc) is 2.38. The van der Waals surface area contributed by atoms with Crippen molar-refractivity contribution in [1.29, 1.82) is 0 Å². The molecule has 2 aromatic carbocycles. The average molecular weight is 308 g/mol. The van der Waals surface area contributed by atoms with Crippen LogP contribution in [0.1, 0.15) is 11.1 Å². The predicted molar refractivity (Wildman–Crippen MR) is 74.5 cm³/mol. The van der Waals surface area contributed by atoms with Gasteiger partial charge in [0.05, 0.1) is 6.61 Å². The van der Waals surface area contributed by atoms with Crippen LogP contribution in [0, 0.1) is 0 Å². The Morgan fingerprint density at radius 1 is 1.06 bits per heavy atom. The highest BCUT2D eigenvalue weighted by Gasteiger charge is 2.02. The van der Waals surface area contributed by atoms with Crippen LogP contribution in [0.5, 0.6) is 11.5 Å². The normalized spacial score (nSPS) is 10.4. The van der Waals surface area contributed by atoms with Crippen LogP contribution in [0.4, 0.5) is 0 Å². The lowest BCUT2D eigenvalue weighted by molar-refractivity contribution is 0.281. The van der Waals surface area contributed by atoms with Gasteiger partial charge in [0.25, 0.3) is 0 Å². The van der Waals surface area contributed by atoms with Crippen LogP contribution in [-0.2, 0) is 13.2 Å². The fraction of sp³-hybridized carbons (Fsp3) is 0.143. The summed E-state index contributed by atoms with van der Waals surface area (Å²) in [6, 6.07) is 13.1. The van der Waals surface area contributed by atoms with Crippen molar-refractivity contribution in [2.45, 2.75) is 13.2 Å². The molecule has 94 valence electrons. The standard InChI is InChI=1S/C14H14BrNO2/c15-12-4-11(8-16)6-14(7-12)18-13-3-1-2-10(5-13)9-17/h1-7,17H,8-9,16H2. The summed E-state index contributed by atoms with van der Waals surface area (Å²) in [4.78, 5) is 0. The highest BCUT2D eigenvalue weighted by Crippen LogP contribution is 2.26. The SMILES string of the molecule is NCc1cc(Br)cc(Oc2cccc(CO)c2)c1. The van der Waals surface area contributed by atoms with Crippen molar-refractivity contribution < 1.29 is 9.84 Å². The first kappa shape index (κ1) is 13.1. The smallest absolute Gasteiger partial charge is 0.128 e. The highest BCUT2D eigenvalue weighted by atomic mass is 79.9. The second-order valence-corrected chi connectivity index (χ2v) is 4.82. The van der Waals surface area contributed by atoms with Crippen molar-refractivity contribution in [2.24, 2.45) is 5.73 Å². The maximum absolute atomic E-state index is 9.07. The Hall–Kier alpha value is -1.36. The van der Waals surface area contributed by atoms with Crippen LogP contribution in [0.15, 0.2) is 46.9 Å². The molecule has 3 N–H and O–H groups in total. The molecular formula is C14H14BrNO2.